The van der Waals surface area contributed by atoms with Crippen molar-refractivity contribution in [3.8, 4) is 11.4 Å². The first-order chi connectivity index (χ1) is 25.3. The number of rotatable bonds is 14. The summed E-state index contributed by atoms with van der Waals surface area (Å²) in [6.45, 7) is 17.1. The van der Waals surface area contributed by atoms with Gasteiger partial charge in [0.2, 0.25) is 0 Å². The van der Waals surface area contributed by atoms with Crippen molar-refractivity contribution in [2.45, 2.75) is 91.6 Å². The molecule has 1 atom stereocenters. The Labute approximate surface area is 311 Å². The zero-order valence-corrected chi connectivity index (χ0v) is 31.9. The Morgan fingerprint density at radius 2 is 1.51 bits per heavy atom. The van der Waals surface area contributed by atoms with Gasteiger partial charge >= 0.3 is 5.56 Å². The topological polar surface area (TPSA) is 130 Å². The third-order valence-corrected chi connectivity index (χ3v) is 10.0. The number of para-hydroxylation sites is 1. The van der Waals surface area contributed by atoms with Crippen LogP contribution >= 0.6 is 0 Å². The summed E-state index contributed by atoms with van der Waals surface area (Å²) >= 11 is 0. The second kappa shape index (κ2) is 16.3. The van der Waals surface area contributed by atoms with Gasteiger partial charge in [-0.2, -0.15) is 5.11 Å². The zero-order chi connectivity index (χ0) is 38.3. The molecule has 1 aromatic heterocycles. The highest BCUT2D eigenvalue weighted by Gasteiger charge is 2.29. The summed E-state index contributed by atoms with van der Waals surface area (Å²) in [7, 11) is 0. The van der Waals surface area contributed by atoms with Crippen LogP contribution in [0.25, 0.3) is 5.69 Å². The lowest BCUT2D eigenvalue weighted by Crippen LogP contribution is -2.33. The number of nitrogens with one attached hydrogen (secondary N) is 3. The normalized spacial score (nSPS) is 12.5. The van der Waals surface area contributed by atoms with Gasteiger partial charge in [-0.05, 0) is 91.1 Å². The summed E-state index contributed by atoms with van der Waals surface area (Å²) in [5, 5.41) is 17.2. The van der Waals surface area contributed by atoms with E-state index in [9.17, 15) is 14.4 Å². The Balaban J connectivity index is 1.37. The van der Waals surface area contributed by atoms with E-state index >= 15 is 0 Å². The van der Waals surface area contributed by atoms with Crippen molar-refractivity contribution in [3.05, 3.63) is 130 Å². The van der Waals surface area contributed by atoms with E-state index in [1.165, 1.54) is 10.2 Å². The number of hydrogen-bond acceptors (Lipinski definition) is 6. The number of benzene rings is 4. The fourth-order valence-electron chi connectivity index (χ4n) is 5.69. The van der Waals surface area contributed by atoms with Crippen LogP contribution in [-0.4, -0.2) is 27.7 Å². The van der Waals surface area contributed by atoms with Gasteiger partial charge in [-0.1, -0.05) is 103 Å². The maximum atomic E-state index is 13.6. The summed E-state index contributed by atoms with van der Waals surface area (Å²) in [6, 6.07) is 29.3. The maximum Gasteiger partial charge on any atom is 0.301 e. The van der Waals surface area contributed by atoms with E-state index in [-0.39, 0.29) is 33.8 Å². The van der Waals surface area contributed by atoms with E-state index in [2.05, 4.69) is 79.6 Å². The Kier molecular flexibility index (Phi) is 11.8. The van der Waals surface area contributed by atoms with Gasteiger partial charge in [0.1, 0.15) is 5.75 Å². The third-order valence-electron chi connectivity index (χ3n) is 10.0. The Morgan fingerprint density at radius 3 is 2.17 bits per heavy atom. The van der Waals surface area contributed by atoms with Gasteiger partial charge in [0.25, 0.3) is 11.8 Å². The molecule has 53 heavy (non-hydrogen) atoms. The van der Waals surface area contributed by atoms with E-state index in [4.69, 9.17) is 4.74 Å². The van der Waals surface area contributed by atoms with E-state index < -0.39 is 17.6 Å². The average molecular weight is 715 g/mol. The molecule has 1 heterocycles. The molecular weight excluding hydrogens is 665 g/mol. The molecule has 0 unspecified atom stereocenters. The summed E-state index contributed by atoms with van der Waals surface area (Å²) in [5.41, 5.74) is 4.46. The summed E-state index contributed by atoms with van der Waals surface area (Å²) in [4.78, 5) is 40.8. The molecule has 2 amide bonds. The number of carbonyl (C=O) groups is 2. The van der Waals surface area contributed by atoms with E-state index in [1.54, 1.807) is 60.7 Å². The SMILES string of the molecule is CC[C@@H](Oc1ccc(C(C)(C)CC)cc1C(C)(C)CC)C(=O)Nc1cccc(C(=O)Nc2[nH]n(-c3ccccc3)c(=O)c2N=Nc2ccc(C)cc2)c1. The summed E-state index contributed by atoms with van der Waals surface area (Å²) in [6.07, 6.45) is 1.56. The molecule has 0 radical (unpaired) electrons. The summed E-state index contributed by atoms with van der Waals surface area (Å²) < 4.78 is 7.75. The minimum atomic E-state index is -0.770. The number of amides is 2. The Morgan fingerprint density at radius 1 is 0.811 bits per heavy atom. The molecule has 0 saturated heterocycles. The molecule has 0 spiro atoms. The first kappa shape index (κ1) is 38.5. The third kappa shape index (κ3) is 9.00. The van der Waals surface area contributed by atoms with Crippen molar-refractivity contribution in [1.82, 2.24) is 9.78 Å². The molecule has 5 aromatic rings. The van der Waals surface area contributed by atoms with Crippen molar-refractivity contribution < 1.29 is 14.3 Å². The number of aryl methyl sites for hydroxylation is 1. The molecule has 10 nitrogen and oxygen atoms in total. The van der Waals surface area contributed by atoms with Crippen molar-refractivity contribution >= 4 is 34.7 Å². The van der Waals surface area contributed by atoms with Crippen LogP contribution in [0.5, 0.6) is 5.75 Å². The predicted octanol–water partition coefficient (Wildman–Crippen LogP) is 10.3. The Bertz CT molecular complexity index is 2150. The van der Waals surface area contributed by atoms with Gasteiger partial charge in [0.05, 0.1) is 11.4 Å². The number of ether oxygens (including phenoxy) is 1. The largest absolute Gasteiger partial charge is 0.480 e. The highest BCUT2D eigenvalue weighted by Crippen LogP contribution is 2.39. The minimum absolute atomic E-state index is 0.00417. The number of H-pyrrole nitrogens is 1. The number of anilines is 2. The number of carbonyl (C=O) groups excluding carboxylic acids is 2. The molecule has 10 heteroatoms. The molecule has 4 aromatic carbocycles. The van der Waals surface area contributed by atoms with Crippen molar-refractivity contribution in [2.75, 3.05) is 10.6 Å². The molecule has 0 bridgehead atoms. The molecule has 0 aliphatic carbocycles. The lowest BCUT2D eigenvalue weighted by molar-refractivity contribution is -0.122. The number of nitrogens with zero attached hydrogens (tertiary/aromatic N) is 3. The maximum absolute atomic E-state index is 13.6. The van der Waals surface area contributed by atoms with E-state index in [0.29, 0.717) is 29.2 Å². The molecule has 0 fully saturated rings. The molecule has 276 valence electrons. The number of aromatic nitrogens is 2. The molecule has 0 aliphatic heterocycles. The molecule has 3 N–H and O–H groups in total. The van der Waals surface area contributed by atoms with Crippen LogP contribution in [0.15, 0.2) is 112 Å². The fraction of sp³-hybridized carbons (Fsp3) is 0.326. The standard InChI is InChI=1S/C43H50N6O4/c1-9-35(53-36-25-22-30(42(5,6)10-2)27-34(36)43(7,8)11-3)40(51)44-32-17-15-16-29(26-32)39(50)45-38-37(47-46-31-23-20-28(4)21-24-31)41(52)49(48-38)33-18-13-12-14-19-33/h12-27,35,48H,9-11H2,1-8H3,(H,44,51)(H,45,50)/t35-/m1/s1. The first-order valence-corrected chi connectivity index (χ1v) is 18.2. The van der Waals surface area contributed by atoms with Crippen LogP contribution in [0.2, 0.25) is 0 Å². The smallest absolute Gasteiger partial charge is 0.301 e. The average Bonchev–Trinajstić information content (AvgIpc) is 3.47. The van der Waals surface area contributed by atoms with Crippen LogP contribution in [0.3, 0.4) is 0 Å². The lowest BCUT2D eigenvalue weighted by atomic mass is 9.76. The highest BCUT2D eigenvalue weighted by molar-refractivity contribution is 6.06. The molecule has 5 rings (SSSR count). The predicted molar refractivity (Wildman–Crippen MR) is 213 cm³/mol. The van der Waals surface area contributed by atoms with Crippen molar-refractivity contribution in [3.63, 3.8) is 0 Å². The van der Waals surface area contributed by atoms with Crippen LogP contribution < -0.4 is 20.9 Å². The molecule has 0 saturated carbocycles. The van der Waals surface area contributed by atoms with Crippen molar-refractivity contribution in [1.29, 1.82) is 0 Å². The second-order valence-corrected chi connectivity index (χ2v) is 14.6. The Hall–Kier alpha value is -5.77. The van der Waals surface area contributed by atoms with Crippen LogP contribution in [-0.2, 0) is 15.6 Å². The van der Waals surface area contributed by atoms with Gasteiger partial charge in [-0.3, -0.25) is 19.5 Å². The molecular formula is C43H50N6O4. The van der Waals surface area contributed by atoms with Crippen LogP contribution in [0.1, 0.15) is 94.8 Å². The van der Waals surface area contributed by atoms with Crippen molar-refractivity contribution in [2.24, 2.45) is 10.2 Å². The molecule has 0 aliphatic rings. The van der Waals surface area contributed by atoms with Crippen LogP contribution in [0, 0.1) is 6.92 Å². The van der Waals surface area contributed by atoms with Gasteiger partial charge in [-0.25, -0.2) is 4.68 Å². The first-order valence-electron chi connectivity index (χ1n) is 18.2. The zero-order valence-electron chi connectivity index (χ0n) is 31.9. The van der Waals surface area contributed by atoms with Gasteiger partial charge < -0.3 is 15.4 Å². The monoisotopic (exact) mass is 714 g/mol. The van der Waals surface area contributed by atoms with E-state index in [0.717, 1.165) is 24.0 Å². The van der Waals surface area contributed by atoms with Gasteiger partial charge in [0.15, 0.2) is 17.6 Å². The van der Waals surface area contributed by atoms with Crippen LogP contribution in [0.4, 0.5) is 22.9 Å². The van der Waals surface area contributed by atoms with E-state index in [1.807, 2.05) is 38.1 Å². The fourth-order valence-corrected chi connectivity index (χ4v) is 5.69. The highest BCUT2D eigenvalue weighted by atomic mass is 16.5. The number of azo groups is 1. The summed E-state index contributed by atoms with van der Waals surface area (Å²) in [5.74, 6) is -0.0762. The minimum Gasteiger partial charge on any atom is -0.480 e. The quantitative estimate of drug-likeness (QED) is 0.0989. The number of hydrogen-bond donors (Lipinski definition) is 3. The number of aromatic amines is 1. The second-order valence-electron chi connectivity index (χ2n) is 14.6. The van der Waals surface area contributed by atoms with Gasteiger partial charge in [-0.15, -0.1) is 5.11 Å². The lowest BCUT2D eigenvalue weighted by Gasteiger charge is -2.31. The van der Waals surface area contributed by atoms with Gasteiger partial charge in [0, 0.05) is 16.8 Å².